The van der Waals surface area contributed by atoms with Gasteiger partial charge < -0.3 is 66.8 Å². The summed E-state index contributed by atoms with van der Waals surface area (Å²) in [6.07, 6.45) is 0. The number of nitrogens with one attached hydrogen (secondary N) is 2. The third-order valence-electron chi connectivity index (χ3n) is 23.3. The number of aromatic amines is 2. The van der Waals surface area contributed by atoms with Crippen LogP contribution in [0.2, 0.25) is 78.6 Å². The molecule has 132 heavy (non-hydrogen) atoms. The summed E-state index contributed by atoms with van der Waals surface area (Å²) < 4.78 is 68.4. The Balaban J connectivity index is 1.60. The number of hydrogen-bond acceptors (Lipinski definition) is 26. The number of esters is 12. The van der Waals surface area contributed by atoms with Crippen LogP contribution in [0.15, 0.2) is 121 Å². The van der Waals surface area contributed by atoms with E-state index in [0.717, 1.165) is 56.9 Å². The van der Waals surface area contributed by atoms with E-state index in [2.05, 4.69) is 88.5 Å². The van der Waals surface area contributed by atoms with Crippen LogP contribution in [0.4, 0.5) is 0 Å². The smallest absolute Gasteiger partial charge is 0.338 e. The highest BCUT2D eigenvalue weighted by molar-refractivity contribution is 6.90. The Morgan fingerprint density at radius 3 is 0.553 bits per heavy atom. The Morgan fingerprint density at radius 1 is 0.235 bits per heavy atom. The number of methoxy groups -OCH3 is 8. The first-order valence-electron chi connectivity index (χ1n) is 42.6. The molecule has 13 rings (SSSR count). The maximum Gasteiger partial charge on any atom is 0.338 e. The van der Waals surface area contributed by atoms with Crippen LogP contribution in [0.25, 0.3) is 133 Å². The maximum atomic E-state index is 15.2. The lowest BCUT2D eigenvalue weighted by molar-refractivity contribution is 0.0517. The van der Waals surface area contributed by atoms with Crippen LogP contribution >= 0.6 is 0 Å². The van der Waals surface area contributed by atoms with Gasteiger partial charge in [-0.05, 0) is 147 Å². The molecule has 3 aliphatic rings. The van der Waals surface area contributed by atoms with Gasteiger partial charge in [0.15, 0.2) is 0 Å². The second-order valence-electron chi connectivity index (χ2n) is 35.7. The molecule has 10 aromatic rings. The quantitative estimate of drug-likeness (QED) is 0.0322. The number of hydrogen-bond donors (Lipinski definition) is 2. The van der Waals surface area contributed by atoms with E-state index in [9.17, 15) is 0 Å². The summed E-state index contributed by atoms with van der Waals surface area (Å²) in [6, 6.07) is 32.0. The lowest BCUT2D eigenvalue weighted by Gasteiger charge is -2.20. The van der Waals surface area contributed by atoms with Gasteiger partial charge in [-0.15, -0.1) is 0 Å². The minimum absolute atomic E-state index is 0.00189. The molecule has 8 aromatic carbocycles. The SMILES string of the molecule is CCOC(=O)c1cc(-c2c3nc(c(-c4cc(C(=O)OCC)cc([Si](C)(C)C)c4)c4[nH]c(c(-c5cc(C(=O)OCC)cc([Si](C)(C)C)c5)c5nc(c(-c6cc(C(=O)OCC)cc([Si](C)(C)C)c6)c6[nH]c2c2cc(C(=O)OC)c(C(=O)OC)cc62)-c2cc(C(=O)OC)c(C(=O)OC)cc2-5)c2cc(C(=O)OC)c(C(=O)OC)cc42)-c2cc(C(=O)OC)c(C(=O)OC)cc2-3)cc([Si](C)(C)C)c1. The number of ether oxygens (including phenoxy) is 12. The van der Waals surface area contributed by atoms with Gasteiger partial charge in [-0.3, -0.25) is 0 Å². The van der Waals surface area contributed by atoms with Crippen LogP contribution in [-0.2, 0) is 56.8 Å². The van der Waals surface area contributed by atoms with Gasteiger partial charge in [-0.1, -0.05) is 124 Å². The van der Waals surface area contributed by atoms with Gasteiger partial charge in [-0.25, -0.2) is 67.5 Å². The summed E-state index contributed by atoms with van der Waals surface area (Å²) in [5.41, 5.74) is -1.98. The lowest BCUT2D eigenvalue weighted by atomic mass is 9.89. The molecule has 2 aliphatic heterocycles. The monoisotopic (exact) mass is 1850 g/mol. The zero-order chi connectivity index (χ0) is 96.3. The van der Waals surface area contributed by atoms with Crippen molar-refractivity contribution in [1.82, 2.24) is 19.9 Å². The maximum absolute atomic E-state index is 15.2. The number of rotatable bonds is 24. The summed E-state index contributed by atoms with van der Waals surface area (Å²) in [5.74, 6) is -11.3. The molecule has 8 bridgehead atoms. The van der Waals surface area contributed by atoms with Gasteiger partial charge >= 0.3 is 71.6 Å². The molecule has 0 atom stereocenters. The molecule has 0 unspecified atom stereocenters. The minimum Gasteiger partial charge on any atom is -0.465 e. The molecule has 4 heterocycles. The highest BCUT2D eigenvalue weighted by atomic mass is 28.3. The summed E-state index contributed by atoms with van der Waals surface area (Å²) >= 11 is 0. The predicted octanol–water partition coefficient (Wildman–Crippen LogP) is 17.1. The minimum atomic E-state index is -2.78. The summed E-state index contributed by atoms with van der Waals surface area (Å²) in [5, 5.41) is 2.91. The van der Waals surface area contributed by atoms with E-state index in [1.165, 1.54) is 48.5 Å². The van der Waals surface area contributed by atoms with Crippen molar-refractivity contribution in [1.29, 1.82) is 0 Å². The molecular weight excluding hydrogens is 1750 g/mol. The number of benzene rings is 8. The molecule has 682 valence electrons. The van der Waals surface area contributed by atoms with E-state index >= 15 is 57.5 Å². The van der Waals surface area contributed by atoms with E-state index in [4.69, 9.17) is 66.8 Å². The molecule has 0 saturated heterocycles. The first-order valence-corrected chi connectivity index (χ1v) is 56.6. The lowest BCUT2D eigenvalue weighted by Crippen LogP contribution is -2.38. The van der Waals surface area contributed by atoms with Crippen molar-refractivity contribution >= 4 is 168 Å². The van der Waals surface area contributed by atoms with Gasteiger partial charge in [0.25, 0.3) is 0 Å². The first kappa shape index (κ1) is 95.5. The van der Waals surface area contributed by atoms with Gasteiger partial charge in [0, 0.05) is 66.1 Å². The van der Waals surface area contributed by atoms with Crippen LogP contribution in [-0.4, -0.2) is 207 Å². The predicted molar refractivity (Wildman–Crippen MR) is 513 cm³/mol. The molecule has 0 spiro atoms. The topological polar surface area (TPSA) is 373 Å². The van der Waals surface area contributed by atoms with Crippen LogP contribution in [0.5, 0.6) is 0 Å². The second kappa shape index (κ2) is 37.0. The first-order chi connectivity index (χ1) is 62.4. The van der Waals surface area contributed by atoms with E-state index in [0.29, 0.717) is 20.7 Å². The average molecular weight is 1860 g/mol. The Hall–Kier alpha value is -14.1. The average Bonchev–Trinajstić information content (AvgIpc) is 1.54. The van der Waals surface area contributed by atoms with Gasteiger partial charge in [0.05, 0.1) is 227 Å². The molecule has 2 aromatic heterocycles. The van der Waals surface area contributed by atoms with Crippen LogP contribution in [0.3, 0.4) is 0 Å². The van der Waals surface area contributed by atoms with Gasteiger partial charge in [-0.2, -0.15) is 0 Å². The van der Waals surface area contributed by atoms with Crippen molar-refractivity contribution in [2.45, 2.75) is 106 Å². The fourth-order valence-electron chi connectivity index (χ4n) is 16.5. The molecule has 2 N–H and O–H groups in total. The molecule has 0 saturated carbocycles. The standard InChI is InChI=1S/C100H102N4O24Si4/c1-25-125-89(105)53-29-49(33-57(37-53)129(13,14)15)77-81-61-41-69(93(109)117-5)71(95(111)119-7)43-63(61)83(101-81)78(50-30-54(90(106)126-26-2)38-58(34-50)130(16,17)18)85-65-45-73(97(113)121-9)75(99(115)123-11)47-67(65)87(103-85)80(52-32-56(92(108)128-28-4)40-60(36-52)132(22,23)24)88-68-48-76(100(116)124-12)74(98(114)122-10)46-66(68)86(104-88)79(51-31-55(91(107)127-27-3)39-59(35-51)131(19,20)21)84-64-44-72(96(112)120-8)70(94(110)118-6)42-62(64)82(77)102-84/h29-48,101,104H,25-28H2,1-24H3. The van der Waals surface area contributed by atoms with Crippen molar-refractivity contribution in [3.63, 3.8) is 0 Å². The van der Waals surface area contributed by atoms with E-state index in [-0.39, 0.29) is 226 Å². The molecule has 28 nitrogen and oxygen atoms in total. The third-order valence-corrected chi connectivity index (χ3v) is 31.3. The molecule has 32 heteroatoms. The van der Waals surface area contributed by atoms with Crippen molar-refractivity contribution in [2.24, 2.45) is 0 Å². The Labute approximate surface area is 765 Å². The number of nitrogens with zero attached hydrogens (tertiary/aromatic N) is 2. The summed E-state index contributed by atoms with van der Waals surface area (Å²) in [6.45, 7) is 31.0. The number of aromatic nitrogens is 4. The van der Waals surface area contributed by atoms with Crippen molar-refractivity contribution in [3.8, 4) is 89.5 Å². The zero-order valence-electron chi connectivity index (χ0n) is 78.1. The molecule has 0 fully saturated rings. The number of carbonyl (C=O) groups excluding carboxylic acids is 12. The fourth-order valence-corrected chi connectivity index (χ4v) is 21.2. The van der Waals surface area contributed by atoms with E-state index in [1.54, 1.807) is 76.2 Å². The Morgan fingerprint density at radius 2 is 0.402 bits per heavy atom. The van der Waals surface area contributed by atoms with Gasteiger partial charge in [0.2, 0.25) is 0 Å². The zero-order valence-corrected chi connectivity index (χ0v) is 82.1. The summed E-state index contributed by atoms with van der Waals surface area (Å²) in [7, 11) is -2.13. The largest absolute Gasteiger partial charge is 0.465 e. The Bertz CT molecular complexity index is 6200. The molecule has 0 radical (unpaired) electrons. The van der Waals surface area contributed by atoms with Crippen LogP contribution < -0.4 is 20.7 Å². The number of carbonyl (C=O) groups is 12. The van der Waals surface area contributed by atoms with Crippen molar-refractivity contribution < 1.29 is 114 Å². The van der Waals surface area contributed by atoms with Crippen molar-refractivity contribution in [3.05, 3.63) is 188 Å². The molecule has 1 aliphatic carbocycles. The highest BCUT2D eigenvalue weighted by Crippen LogP contribution is 2.54. The van der Waals surface area contributed by atoms with Crippen LogP contribution in [0, 0.1) is 0 Å². The summed E-state index contributed by atoms with van der Waals surface area (Å²) in [4.78, 5) is 202. The van der Waals surface area contributed by atoms with E-state index in [1.807, 2.05) is 24.3 Å². The Kier molecular flexibility index (Phi) is 26.8. The molecule has 0 amide bonds. The number of H-pyrrole nitrogens is 2. The second-order valence-corrected chi connectivity index (χ2v) is 56.0. The van der Waals surface area contributed by atoms with Crippen LogP contribution in [0.1, 0.15) is 152 Å². The van der Waals surface area contributed by atoms with Crippen molar-refractivity contribution in [2.75, 3.05) is 83.3 Å². The van der Waals surface area contributed by atoms with E-state index < -0.39 is 104 Å². The third kappa shape index (κ3) is 17.7. The fraction of sp³-hybridized carbons (Fsp3) is 0.280. The molecular formula is C100H102N4O24Si4. The van der Waals surface area contributed by atoms with Gasteiger partial charge in [0.1, 0.15) is 0 Å². The normalized spacial score (nSPS) is 11.8. The highest BCUT2D eigenvalue weighted by Gasteiger charge is 2.39.